The number of carbonyl (C=O) groups is 1. The van der Waals surface area contributed by atoms with E-state index in [1.54, 1.807) is 41.1 Å². The number of nitro benzene ring substituents is 1. The Morgan fingerprint density at radius 1 is 1.17 bits per heavy atom. The fourth-order valence-electron chi connectivity index (χ4n) is 2.36. The molecule has 2 aromatic heterocycles. The van der Waals surface area contributed by atoms with Crippen molar-refractivity contribution in [1.29, 1.82) is 0 Å². The first kappa shape index (κ1) is 15.7. The van der Waals surface area contributed by atoms with Gasteiger partial charge in [0.1, 0.15) is 5.65 Å². The summed E-state index contributed by atoms with van der Waals surface area (Å²) >= 11 is 0. The lowest BCUT2D eigenvalue weighted by Gasteiger charge is -2.08. The number of fused-ring (bicyclic) bond motifs is 1. The normalized spacial score (nSPS) is 11.0. The number of non-ortho nitro benzene ring substituents is 1. The molecule has 0 aliphatic carbocycles. The van der Waals surface area contributed by atoms with Crippen LogP contribution in [0.4, 0.5) is 5.69 Å². The molecular weight excluding hydrogens is 308 g/mol. The Morgan fingerprint density at radius 2 is 1.88 bits per heavy atom. The smallest absolute Gasteiger partial charge is 0.269 e. The SMILES string of the molecule is CC(C)NC(=O)c1ccc2nc(-c3ccc([N+](=O)[O-])cc3)cn2c1. The van der Waals surface area contributed by atoms with E-state index >= 15 is 0 Å². The molecule has 0 aliphatic rings. The minimum absolute atomic E-state index is 0.0372. The Bertz CT molecular complexity index is 913. The van der Waals surface area contributed by atoms with Crippen LogP contribution in [0.15, 0.2) is 48.8 Å². The van der Waals surface area contributed by atoms with Gasteiger partial charge in [0.05, 0.1) is 16.2 Å². The molecule has 7 nitrogen and oxygen atoms in total. The summed E-state index contributed by atoms with van der Waals surface area (Å²) < 4.78 is 1.77. The van der Waals surface area contributed by atoms with Crippen LogP contribution in [0.1, 0.15) is 24.2 Å². The van der Waals surface area contributed by atoms with E-state index in [4.69, 9.17) is 0 Å². The number of rotatable bonds is 4. The minimum Gasteiger partial charge on any atom is -0.350 e. The molecule has 0 aliphatic heterocycles. The summed E-state index contributed by atoms with van der Waals surface area (Å²) in [7, 11) is 0. The zero-order valence-corrected chi connectivity index (χ0v) is 13.3. The Hall–Kier alpha value is -3.22. The third kappa shape index (κ3) is 3.10. The highest BCUT2D eigenvalue weighted by Gasteiger charge is 2.11. The molecular formula is C17H16N4O3. The number of carbonyl (C=O) groups excluding carboxylic acids is 1. The number of imidazole rings is 1. The number of pyridine rings is 1. The van der Waals surface area contributed by atoms with E-state index < -0.39 is 4.92 Å². The first-order chi connectivity index (χ1) is 11.4. The molecule has 0 radical (unpaired) electrons. The van der Waals surface area contributed by atoms with E-state index in [-0.39, 0.29) is 17.6 Å². The van der Waals surface area contributed by atoms with Crippen molar-refractivity contribution in [2.45, 2.75) is 19.9 Å². The Labute approximate surface area is 138 Å². The number of hydrogen-bond donors (Lipinski definition) is 1. The second kappa shape index (κ2) is 6.11. The Kier molecular flexibility index (Phi) is 3.99. The van der Waals surface area contributed by atoms with E-state index in [0.717, 1.165) is 5.56 Å². The maximum atomic E-state index is 12.1. The number of hydrogen-bond acceptors (Lipinski definition) is 4. The third-order valence-electron chi connectivity index (χ3n) is 3.51. The van der Waals surface area contributed by atoms with Crippen LogP contribution >= 0.6 is 0 Å². The van der Waals surface area contributed by atoms with Gasteiger partial charge >= 0.3 is 0 Å². The first-order valence-electron chi connectivity index (χ1n) is 7.48. The number of benzene rings is 1. The monoisotopic (exact) mass is 324 g/mol. The molecule has 3 rings (SSSR count). The standard InChI is InChI=1S/C17H16N4O3/c1-11(2)18-17(22)13-5-8-16-19-15(10-20(16)9-13)12-3-6-14(7-4-12)21(23)24/h3-11H,1-2H3,(H,18,22). The maximum Gasteiger partial charge on any atom is 0.269 e. The van der Waals surface area contributed by atoms with Crippen LogP contribution < -0.4 is 5.32 Å². The minimum atomic E-state index is -0.437. The maximum absolute atomic E-state index is 12.1. The van der Waals surface area contributed by atoms with Gasteiger partial charge in [0.25, 0.3) is 11.6 Å². The largest absolute Gasteiger partial charge is 0.350 e. The second-order valence-corrected chi connectivity index (χ2v) is 5.74. The van der Waals surface area contributed by atoms with Crippen LogP contribution in [-0.2, 0) is 0 Å². The molecule has 0 spiro atoms. The van der Waals surface area contributed by atoms with Crippen molar-refractivity contribution in [3.63, 3.8) is 0 Å². The molecule has 2 heterocycles. The number of nitrogens with zero attached hydrogens (tertiary/aromatic N) is 3. The highest BCUT2D eigenvalue weighted by molar-refractivity contribution is 5.94. The van der Waals surface area contributed by atoms with Crippen molar-refractivity contribution in [3.8, 4) is 11.3 Å². The molecule has 1 aromatic carbocycles. The number of nitro groups is 1. The summed E-state index contributed by atoms with van der Waals surface area (Å²) in [5, 5.41) is 13.6. The lowest BCUT2D eigenvalue weighted by molar-refractivity contribution is -0.384. The van der Waals surface area contributed by atoms with Gasteiger partial charge in [-0.2, -0.15) is 0 Å². The summed E-state index contributed by atoms with van der Waals surface area (Å²) in [5.74, 6) is -0.141. The molecule has 7 heteroatoms. The van der Waals surface area contributed by atoms with Crippen molar-refractivity contribution >= 4 is 17.2 Å². The Balaban J connectivity index is 1.93. The van der Waals surface area contributed by atoms with Gasteiger partial charge in [0, 0.05) is 36.1 Å². The number of amides is 1. The number of nitrogens with one attached hydrogen (secondary N) is 1. The van der Waals surface area contributed by atoms with Crippen LogP contribution in [0.3, 0.4) is 0 Å². The molecule has 1 amide bonds. The molecule has 0 unspecified atom stereocenters. The lowest BCUT2D eigenvalue weighted by atomic mass is 10.1. The molecule has 0 bridgehead atoms. The topological polar surface area (TPSA) is 89.5 Å². The van der Waals surface area contributed by atoms with Crippen LogP contribution in [-0.4, -0.2) is 26.3 Å². The summed E-state index contributed by atoms with van der Waals surface area (Å²) in [6.45, 7) is 3.81. The molecule has 0 atom stereocenters. The van der Waals surface area contributed by atoms with Gasteiger partial charge < -0.3 is 9.72 Å². The highest BCUT2D eigenvalue weighted by atomic mass is 16.6. The van der Waals surface area contributed by atoms with Crippen LogP contribution in [0.5, 0.6) is 0 Å². The van der Waals surface area contributed by atoms with Crippen LogP contribution in [0.25, 0.3) is 16.9 Å². The van der Waals surface area contributed by atoms with E-state index in [9.17, 15) is 14.9 Å². The number of aromatic nitrogens is 2. The Morgan fingerprint density at radius 3 is 2.50 bits per heavy atom. The summed E-state index contributed by atoms with van der Waals surface area (Å²) in [6, 6.07) is 9.76. The van der Waals surface area contributed by atoms with Gasteiger partial charge in [-0.3, -0.25) is 14.9 Å². The first-order valence-corrected chi connectivity index (χ1v) is 7.48. The van der Waals surface area contributed by atoms with Crippen molar-refractivity contribution in [3.05, 3.63) is 64.5 Å². The van der Waals surface area contributed by atoms with Crippen molar-refractivity contribution in [2.75, 3.05) is 0 Å². The lowest BCUT2D eigenvalue weighted by Crippen LogP contribution is -2.30. The van der Waals surface area contributed by atoms with Crippen molar-refractivity contribution in [1.82, 2.24) is 14.7 Å². The van der Waals surface area contributed by atoms with Gasteiger partial charge in [-0.05, 0) is 38.1 Å². The second-order valence-electron chi connectivity index (χ2n) is 5.74. The molecule has 3 aromatic rings. The summed E-state index contributed by atoms with van der Waals surface area (Å²) in [6.07, 6.45) is 3.51. The molecule has 0 saturated carbocycles. The molecule has 122 valence electrons. The summed E-state index contributed by atoms with van der Waals surface area (Å²) in [5.41, 5.74) is 2.74. The quantitative estimate of drug-likeness (QED) is 0.590. The third-order valence-corrected chi connectivity index (χ3v) is 3.51. The summed E-state index contributed by atoms with van der Waals surface area (Å²) in [4.78, 5) is 26.8. The fourth-order valence-corrected chi connectivity index (χ4v) is 2.36. The van der Waals surface area contributed by atoms with Gasteiger partial charge in [0.2, 0.25) is 0 Å². The van der Waals surface area contributed by atoms with E-state index in [1.807, 2.05) is 13.8 Å². The average molecular weight is 324 g/mol. The van der Waals surface area contributed by atoms with Gasteiger partial charge in [-0.1, -0.05) is 0 Å². The highest BCUT2D eigenvalue weighted by Crippen LogP contribution is 2.22. The van der Waals surface area contributed by atoms with Crippen molar-refractivity contribution < 1.29 is 9.72 Å². The zero-order valence-electron chi connectivity index (χ0n) is 13.3. The zero-order chi connectivity index (χ0) is 17.3. The fraction of sp³-hybridized carbons (Fsp3) is 0.176. The molecule has 1 N–H and O–H groups in total. The molecule has 0 fully saturated rings. The van der Waals surface area contributed by atoms with Gasteiger partial charge in [-0.15, -0.1) is 0 Å². The van der Waals surface area contributed by atoms with Gasteiger partial charge in [-0.25, -0.2) is 4.98 Å². The van der Waals surface area contributed by atoms with E-state index in [1.165, 1.54) is 12.1 Å². The van der Waals surface area contributed by atoms with Crippen LogP contribution in [0.2, 0.25) is 0 Å². The predicted molar refractivity (Wildman–Crippen MR) is 89.9 cm³/mol. The predicted octanol–water partition coefficient (Wildman–Crippen LogP) is 3.05. The molecule has 0 saturated heterocycles. The molecule has 24 heavy (non-hydrogen) atoms. The van der Waals surface area contributed by atoms with Crippen LogP contribution in [0, 0.1) is 10.1 Å². The average Bonchev–Trinajstić information content (AvgIpc) is 2.97. The van der Waals surface area contributed by atoms with Crippen molar-refractivity contribution in [2.24, 2.45) is 0 Å². The van der Waals surface area contributed by atoms with E-state index in [2.05, 4.69) is 10.3 Å². The van der Waals surface area contributed by atoms with E-state index in [0.29, 0.717) is 16.9 Å². The van der Waals surface area contributed by atoms with Gasteiger partial charge in [0.15, 0.2) is 0 Å².